The van der Waals surface area contributed by atoms with Gasteiger partial charge in [-0.1, -0.05) is 37.3 Å². The third-order valence-electron chi connectivity index (χ3n) is 6.23. The van der Waals surface area contributed by atoms with Crippen molar-refractivity contribution in [2.24, 2.45) is 5.92 Å². The first-order valence-electron chi connectivity index (χ1n) is 11.2. The molecule has 1 N–H and O–H groups in total. The van der Waals surface area contributed by atoms with Gasteiger partial charge in [-0.2, -0.15) is 4.31 Å². The number of piperidine rings is 1. The van der Waals surface area contributed by atoms with Crippen molar-refractivity contribution in [1.82, 2.24) is 9.62 Å². The number of nitrogens with one attached hydrogen (secondary N) is 1. The number of amides is 2. The minimum atomic E-state index is -3.70. The molecule has 2 aromatic rings. The second kappa shape index (κ2) is 9.52. The van der Waals surface area contributed by atoms with Crippen molar-refractivity contribution in [3.05, 3.63) is 54.1 Å². The number of fused-ring (bicyclic) bond motifs is 1. The molecule has 0 saturated carbocycles. The molecular weight excluding hydrogens is 442 g/mol. The Kier molecular flexibility index (Phi) is 6.71. The van der Waals surface area contributed by atoms with Gasteiger partial charge in [-0.15, -0.1) is 0 Å². The van der Waals surface area contributed by atoms with Crippen molar-refractivity contribution in [3.63, 3.8) is 0 Å². The summed E-state index contributed by atoms with van der Waals surface area (Å²) in [5, 5.41) is 2.90. The van der Waals surface area contributed by atoms with Crippen molar-refractivity contribution >= 4 is 27.5 Å². The maximum absolute atomic E-state index is 13.2. The van der Waals surface area contributed by atoms with Crippen LogP contribution in [0, 0.1) is 5.92 Å². The van der Waals surface area contributed by atoms with E-state index in [1.165, 1.54) is 21.3 Å². The highest BCUT2D eigenvalue weighted by Gasteiger charge is 2.32. The van der Waals surface area contributed by atoms with Crippen LogP contribution in [0.5, 0.6) is 5.75 Å². The van der Waals surface area contributed by atoms with Gasteiger partial charge in [0.05, 0.1) is 16.6 Å². The Morgan fingerprint density at radius 1 is 1.15 bits per heavy atom. The highest BCUT2D eigenvalue weighted by Crippen LogP contribution is 2.35. The van der Waals surface area contributed by atoms with E-state index >= 15 is 0 Å². The van der Waals surface area contributed by atoms with Crippen molar-refractivity contribution in [2.45, 2.75) is 37.6 Å². The third kappa shape index (κ3) is 5.04. The average Bonchev–Trinajstić information content (AvgIpc) is 2.81. The molecule has 2 aliphatic rings. The Balaban J connectivity index is 1.54. The molecule has 0 aliphatic carbocycles. The number of nitrogens with zero attached hydrogens (tertiary/aromatic N) is 2. The summed E-state index contributed by atoms with van der Waals surface area (Å²) in [4.78, 5) is 26.7. The minimum absolute atomic E-state index is 0.0946. The van der Waals surface area contributed by atoms with E-state index < -0.39 is 15.9 Å². The van der Waals surface area contributed by atoms with Gasteiger partial charge in [0, 0.05) is 13.1 Å². The summed E-state index contributed by atoms with van der Waals surface area (Å²) in [5.41, 5.74) is 1.24. The predicted octanol–water partition coefficient (Wildman–Crippen LogP) is 2.71. The molecular formula is C24H29N3O5S. The lowest BCUT2D eigenvalue weighted by atomic mass is 10.0. The lowest BCUT2D eigenvalue weighted by Gasteiger charge is -2.31. The molecule has 2 aromatic carbocycles. The van der Waals surface area contributed by atoms with Crippen LogP contribution >= 0.6 is 0 Å². The number of benzene rings is 2. The first kappa shape index (κ1) is 23.3. The monoisotopic (exact) mass is 471 g/mol. The van der Waals surface area contributed by atoms with Crippen LogP contribution in [0.3, 0.4) is 0 Å². The molecule has 2 heterocycles. The molecule has 176 valence electrons. The van der Waals surface area contributed by atoms with Gasteiger partial charge in [0.15, 0.2) is 6.61 Å². The average molecular weight is 472 g/mol. The summed E-state index contributed by atoms with van der Waals surface area (Å²) in [6, 6.07) is 13.8. The Labute approximate surface area is 194 Å². The minimum Gasteiger partial charge on any atom is -0.482 e. The number of sulfonamides is 1. The van der Waals surface area contributed by atoms with Gasteiger partial charge in [0.1, 0.15) is 12.3 Å². The molecule has 33 heavy (non-hydrogen) atoms. The molecule has 1 unspecified atom stereocenters. The highest BCUT2D eigenvalue weighted by atomic mass is 32.2. The molecule has 2 aliphatic heterocycles. The zero-order valence-corrected chi connectivity index (χ0v) is 19.7. The number of ether oxygens (including phenoxy) is 1. The summed E-state index contributed by atoms with van der Waals surface area (Å²) in [5.74, 6) is 0.139. The van der Waals surface area contributed by atoms with E-state index in [0.717, 1.165) is 18.4 Å². The largest absolute Gasteiger partial charge is 0.482 e. The second-order valence-corrected chi connectivity index (χ2v) is 10.6. The van der Waals surface area contributed by atoms with E-state index in [0.29, 0.717) is 30.4 Å². The topological polar surface area (TPSA) is 96.0 Å². The van der Waals surface area contributed by atoms with Crippen LogP contribution in [-0.2, 0) is 19.6 Å². The van der Waals surface area contributed by atoms with Crippen LogP contribution in [0.15, 0.2) is 53.4 Å². The molecule has 9 heteroatoms. The van der Waals surface area contributed by atoms with E-state index in [9.17, 15) is 18.0 Å². The van der Waals surface area contributed by atoms with E-state index in [1.807, 2.05) is 37.3 Å². The Hall–Kier alpha value is -2.91. The number of carbonyl (C=O) groups excluding carboxylic acids is 2. The first-order chi connectivity index (χ1) is 15.8. The number of hydrogen-bond acceptors (Lipinski definition) is 5. The highest BCUT2D eigenvalue weighted by molar-refractivity contribution is 7.89. The van der Waals surface area contributed by atoms with Crippen molar-refractivity contribution in [2.75, 3.05) is 31.1 Å². The fourth-order valence-corrected chi connectivity index (χ4v) is 5.64. The third-order valence-corrected chi connectivity index (χ3v) is 8.13. The van der Waals surface area contributed by atoms with Crippen molar-refractivity contribution < 1.29 is 22.7 Å². The standard InChI is InChI=1S/C24H29N3O5S/c1-17-10-12-26(13-11-17)33(30,31)20-8-9-22-21(14-20)27(24(29)16-32-22)15-23(28)25-18(2)19-6-4-3-5-7-19/h3-9,14,17-18H,10-13,15-16H2,1-2H3,(H,25,28). The molecule has 1 saturated heterocycles. The molecule has 1 fully saturated rings. The van der Waals surface area contributed by atoms with Gasteiger partial charge in [0.25, 0.3) is 5.91 Å². The first-order valence-corrected chi connectivity index (χ1v) is 12.6. The summed E-state index contributed by atoms with van der Waals surface area (Å²) < 4.78 is 33.4. The Morgan fingerprint density at radius 2 is 1.85 bits per heavy atom. The summed E-state index contributed by atoms with van der Waals surface area (Å²) >= 11 is 0. The zero-order chi connectivity index (χ0) is 23.6. The van der Waals surface area contributed by atoms with Gasteiger partial charge in [-0.3, -0.25) is 14.5 Å². The molecule has 0 spiro atoms. The van der Waals surface area contributed by atoms with E-state index in [1.54, 1.807) is 6.07 Å². The smallest absolute Gasteiger partial charge is 0.265 e. The summed E-state index contributed by atoms with van der Waals surface area (Å²) in [6.07, 6.45) is 1.63. The van der Waals surface area contributed by atoms with Gasteiger partial charge >= 0.3 is 0 Å². The van der Waals surface area contributed by atoms with Crippen LogP contribution < -0.4 is 15.0 Å². The number of anilines is 1. The van der Waals surface area contributed by atoms with Crippen molar-refractivity contribution in [3.8, 4) is 5.75 Å². The second-order valence-electron chi connectivity index (χ2n) is 8.68. The molecule has 0 radical (unpaired) electrons. The van der Waals surface area contributed by atoms with Gasteiger partial charge in [0.2, 0.25) is 15.9 Å². The quantitative estimate of drug-likeness (QED) is 0.699. The van der Waals surface area contributed by atoms with Gasteiger partial charge in [-0.05, 0) is 49.4 Å². The Bertz CT molecular complexity index is 1130. The molecule has 2 amide bonds. The van der Waals surface area contributed by atoms with Gasteiger partial charge in [-0.25, -0.2) is 8.42 Å². The number of hydrogen-bond donors (Lipinski definition) is 1. The van der Waals surface area contributed by atoms with E-state index in [-0.39, 0.29) is 30.0 Å². The zero-order valence-electron chi connectivity index (χ0n) is 18.9. The fraction of sp³-hybridized carbons (Fsp3) is 0.417. The maximum Gasteiger partial charge on any atom is 0.265 e. The molecule has 8 nitrogen and oxygen atoms in total. The molecule has 0 bridgehead atoms. The Morgan fingerprint density at radius 3 is 2.55 bits per heavy atom. The molecule has 1 atom stereocenters. The normalized spacial score (nSPS) is 18.4. The van der Waals surface area contributed by atoms with Crippen LogP contribution in [0.4, 0.5) is 5.69 Å². The van der Waals surface area contributed by atoms with E-state index in [2.05, 4.69) is 12.2 Å². The molecule has 0 aromatic heterocycles. The summed E-state index contributed by atoms with van der Waals surface area (Å²) in [6.45, 7) is 4.50. The summed E-state index contributed by atoms with van der Waals surface area (Å²) in [7, 11) is -3.70. The van der Waals surface area contributed by atoms with Crippen molar-refractivity contribution in [1.29, 1.82) is 0 Å². The molecule has 4 rings (SSSR count). The lowest BCUT2D eigenvalue weighted by molar-refractivity contribution is -0.125. The van der Waals surface area contributed by atoms with Crippen LogP contribution in [-0.4, -0.2) is 50.8 Å². The van der Waals surface area contributed by atoms with Gasteiger partial charge < -0.3 is 10.1 Å². The number of carbonyl (C=O) groups is 2. The maximum atomic E-state index is 13.2. The lowest BCUT2D eigenvalue weighted by Crippen LogP contribution is -2.45. The fourth-order valence-electron chi connectivity index (χ4n) is 4.15. The van der Waals surface area contributed by atoms with Crippen LogP contribution in [0.2, 0.25) is 0 Å². The predicted molar refractivity (Wildman–Crippen MR) is 124 cm³/mol. The van der Waals surface area contributed by atoms with Crippen LogP contribution in [0.25, 0.3) is 0 Å². The number of rotatable bonds is 6. The van der Waals surface area contributed by atoms with E-state index in [4.69, 9.17) is 4.74 Å². The SMILES string of the molecule is CC1CCN(S(=O)(=O)c2ccc3c(c2)N(CC(=O)NC(C)c2ccccc2)C(=O)CO3)CC1. The van der Waals surface area contributed by atoms with Crippen LogP contribution in [0.1, 0.15) is 38.3 Å².